The summed E-state index contributed by atoms with van der Waals surface area (Å²) in [7, 11) is 0. The van der Waals surface area contributed by atoms with Gasteiger partial charge in [-0.1, -0.05) is 47.5 Å². The van der Waals surface area contributed by atoms with Crippen LogP contribution < -0.4 is 4.90 Å². The van der Waals surface area contributed by atoms with Gasteiger partial charge < -0.3 is 4.74 Å². The zero-order valence-corrected chi connectivity index (χ0v) is 17.7. The maximum absolute atomic E-state index is 12.1. The fourth-order valence-electron chi connectivity index (χ4n) is 2.44. The monoisotopic (exact) mass is 446 g/mol. The number of para-hydroxylation sites is 1. The molecule has 0 radical (unpaired) electrons. The smallest absolute Gasteiger partial charge is 0.331 e. The number of carbonyl (C=O) groups is 2. The molecule has 0 saturated heterocycles. The van der Waals surface area contributed by atoms with E-state index in [-0.39, 0.29) is 12.5 Å². The van der Waals surface area contributed by atoms with Crippen molar-refractivity contribution in [2.24, 2.45) is 0 Å². The molecular weight excluding hydrogens is 431 g/mol. The third-order valence-corrected chi connectivity index (χ3v) is 5.39. The van der Waals surface area contributed by atoms with Crippen molar-refractivity contribution >= 4 is 63.3 Å². The number of benzene rings is 2. The van der Waals surface area contributed by atoms with E-state index in [1.807, 2.05) is 30.3 Å². The van der Waals surface area contributed by atoms with Crippen LogP contribution in [0.25, 0.3) is 6.08 Å². The summed E-state index contributed by atoms with van der Waals surface area (Å²) >= 11 is 13.1. The van der Waals surface area contributed by atoms with E-state index in [1.54, 1.807) is 29.7 Å². The van der Waals surface area contributed by atoms with Crippen LogP contribution in [-0.4, -0.2) is 16.9 Å². The van der Waals surface area contributed by atoms with Crippen LogP contribution in [0.3, 0.4) is 0 Å². The average Bonchev–Trinajstić information content (AvgIpc) is 3.16. The van der Waals surface area contributed by atoms with Gasteiger partial charge in [-0.2, -0.15) is 0 Å². The number of thiazole rings is 1. The number of hydrogen-bond donors (Lipinski definition) is 0. The van der Waals surface area contributed by atoms with Crippen LogP contribution in [0.1, 0.15) is 18.2 Å². The molecule has 3 rings (SSSR count). The van der Waals surface area contributed by atoms with E-state index in [0.717, 1.165) is 11.3 Å². The van der Waals surface area contributed by atoms with Crippen LogP contribution in [0.5, 0.6) is 0 Å². The lowest BCUT2D eigenvalue weighted by atomic mass is 10.2. The molecule has 1 heterocycles. The Kier molecular flexibility index (Phi) is 7.04. The average molecular weight is 447 g/mol. The predicted octanol–water partition coefficient (Wildman–Crippen LogP) is 5.89. The predicted molar refractivity (Wildman–Crippen MR) is 117 cm³/mol. The number of aromatic nitrogens is 1. The number of esters is 1. The molecule has 148 valence electrons. The molecule has 0 aliphatic carbocycles. The van der Waals surface area contributed by atoms with Crippen LogP contribution in [-0.2, 0) is 20.9 Å². The Hall–Kier alpha value is -2.67. The van der Waals surface area contributed by atoms with Crippen molar-refractivity contribution in [3.8, 4) is 0 Å². The van der Waals surface area contributed by atoms with Crippen molar-refractivity contribution in [2.75, 3.05) is 4.90 Å². The molecule has 0 atom stereocenters. The van der Waals surface area contributed by atoms with Gasteiger partial charge in [-0.25, -0.2) is 9.78 Å². The number of ether oxygens (including phenoxy) is 1. The van der Waals surface area contributed by atoms with Gasteiger partial charge in [0.1, 0.15) is 6.61 Å². The second kappa shape index (κ2) is 9.69. The van der Waals surface area contributed by atoms with Gasteiger partial charge in [0.2, 0.25) is 5.91 Å². The Labute approximate surface area is 182 Å². The number of rotatable bonds is 6. The number of halogens is 2. The molecule has 0 spiro atoms. The highest BCUT2D eigenvalue weighted by Crippen LogP contribution is 2.29. The summed E-state index contributed by atoms with van der Waals surface area (Å²) in [6.07, 6.45) is 2.89. The van der Waals surface area contributed by atoms with Gasteiger partial charge in [-0.05, 0) is 35.9 Å². The molecule has 1 amide bonds. The molecule has 0 saturated carbocycles. The fourth-order valence-corrected chi connectivity index (χ4v) is 3.62. The Morgan fingerprint density at radius 1 is 1.14 bits per heavy atom. The maximum atomic E-state index is 12.1. The van der Waals surface area contributed by atoms with Crippen LogP contribution in [0.2, 0.25) is 10.0 Å². The van der Waals surface area contributed by atoms with Crippen molar-refractivity contribution in [1.82, 2.24) is 4.98 Å². The molecule has 0 unspecified atom stereocenters. The van der Waals surface area contributed by atoms with E-state index in [2.05, 4.69) is 4.98 Å². The first-order valence-electron chi connectivity index (χ1n) is 8.54. The van der Waals surface area contributed by atoms with Gasteiger partial charge >= 0.3 is 5.97 Å². The molecule has 1 aromatic heterocycles. The molecule has 2 aromatic carbocycles. The van der Waals surface area contributed by atoms with Gasteiger partial charge in [0, 0.05) is 18.4 Å². The first-order valence-corrected chi connectivity index (χ1v) is 10.2. The first-order chi connectivity index (χ1) is 13.9. The third kappa shape index (κ3) is 5.67. The van der Waals surface area contributed by atoms with Gasteiger partial charge in [0.15, 0.2) is 5.13 Å². The minimum atomic E-state index is -0.517. The second-order valence-corrected chi connectivity index (χ2v) is 7.58. The number of hydrogen-bond acceptors (Lipinski definition) is 5. The van der Waals surface area contributed by atoms with E-state index in [4.69, 9.17) is 27.9 Å². The fraction of sp³-hybridized carbons (Fsp3) is 0.0952. The molecule has 0 aliphatic rings. The minimum absolute atomic E-state index is 0.00157. The molecule has 29 heavy (non-hydrogen) atoms. The van der Waals surface area contributed by atoms with Crippen molar-refractivity contribution in [1.29, 1.82) is 0 Å². The quantitative estimate of drug-likeness (QED) is 0.349. The summed E-state index contributed by atoms with van der Waals surface area (Å²) in [4.78, 5) is 29.9. The Balaban J connectivity index is 1.62. The molecule has 5 nitrogen and oxygen atoms in total. The Morgan fingerprint density at radius 2 is 1.90 bits per heavy atom. The topological polar surface area (TPSA) is 59.5 Å². The molecule has 8 heteroatoms. The Bertz CT molecular complexity index is 1050. The molecule has 0 bridgehead atoms. The highest BCUT2D eigenvalue weighted by Gasteiger charge is 2.17. The number of nitrogens with zero attached hydrogens (tertiary/aromatic N) is 2. The highest BCUT2D eigenvalue weighted by atomic mass is 35.5. The molecule has 0 N–H and O–H groups in total. The van der Waals surface area contributed by atoms with Gasteiger partial charge in [0.05, 0.1) is 21.4 Å². The summed E-state index contributed by atoms with van der Waals surface area (Å²) in [5.74, 6) is -0.671. The lowest BCUT2D eigenvalue weighted by molar-refractivity contribution is -0.139. The number of anilines is 2. The standard InChI is InChI=1S/C21H16Cl2N2O3S/c1-14(26)25(17-5-3-2-4-6-17)21-24-16(13-29-21)12-28-20(27)10-8-15-7-9-18(22)19(23)11-15/h2-11,13H,12H2,1H3/b10-8+. The lowest BCUT2D eigenvalue weighted by Gasteiger charge is -2.17. The van der Waals surface area contributed by atoms with E-state index >= 15 is 0 Å². The van der Waals surface area contributed by atoms with Crippen LogP contribution in [0.15, 0.2) is 60.0 Å². The Morgan fingerprint density at radius 3 is 2.59 bits per heavy atom. The first kappa shape index (κ1) is 21.0. The SMILES string of the molecule is CC(=O)N(c1ccccc1)c1nc(COC(=O)/C=C/c2ccc(Cl)c(Cl)c2)cs1. The largest absolute Gasteiger partial charge is 0.456 e. The van der Waals surface area contributed by atoms with Crippen molar-refractivity contribution in [3.05, 3.63) is 81.3 Å². The molecular formula is C21H16Cl2N2O3S. The van der Waals surface area contributed by atoms with Gasteiger partial charge in [-0.3, -0.25) is 9.69 Å². The number of carbonyl (C=O) groups excluding carboxylic acids is 2. The van der Waals surface area contributed by atoms with E-state index < -0.39 is 5.97 Å². The van der Waals surface area contributed by atoms with Crippen LogP contribution in [0, 0.1) is 0 Å². The van der Waals surface area contributed by atoms with E-state index in [9.17, 15) is 9.59 Å². The van der Waals surface area contributed by atoms with Crippen LogP contribution >= 0.6 is 34.5 Å². The summed E-state index contributed by atoms with van der Waals surface area (Å²) in [6, 6.07) is 14.3. The zero-order valence-electron chi connectivity index (χ0n) is 15.3. The normalized spacial score (nSPS) is 10.9. The van der Waals surface area contributed by atoms with Crippen molar-refractivity contribution in [3.63, 3.8) is 0 Å². The van der Waals surface area contributed by atoms with E-state index in [0.29, 0.717) is 20.9 Å². The lowest BCUT2D eigenvalue weighted by Crippen LogP contribution is -2.22. The minimum Gasteiger partial charge on any atom is -0.456 e. The second-order valence-electron chi connectivity index (χ2n) is 5.93. The molecule has 0 fully saturated rings. The van der Waals surface area contributed by atoms with Gasteiger partial charge in [-0.15, -0.1) is 11.3 Å². The number of amides is 1. The maximum Gasteiger partial charge on any atom is 0.331 e. The molecule has 0 aliphatic heterocycles. The summed E-state index contributed by atoms with van der Waals surface area (Å²) in [5.41, 5.74) is 2.01. The summed E-state index contributed by atoms with van der Waals surface area (Å²) in [5, 5.41) is 3.12. The summed E-state index contributed by atoms with van der Waals surface area (Å²) < 4.78 is 5.22. The molecule has 3 aromatic rings. The highest BCUT2D eigenvalue weighted by molar-refractivity contribution is 7.14. The third-order valence-electron chi connectivity index (χ3n) is 3.78. The van der Waals surface area contributed by atoms with Crippen molar-refractivity contribution < 1.29 is 14.3 Å². The summed E-state index contributed by atoms with van der Waals surface area (Å²) in [6.45, 7) is 1.48. The van der Waals surface area contributed by atoms with Crippen LogP contribution in [0.4, 0.5) is 10.8 Å². The van der Waals surface area contributed by atoms with E-state index in [1.165, 1.54) is 29.2 Å². The van der Waals surface area contributed by atoms with Crippen molar-refractivity contribution in [2.45, 2.75) is 13.5 Å². The van der Waals surface area contributed by atoms with Gasteiger partial charge in [0.25, 0.3) is 0 Å². The zero-order chi connectivity index (χ0) is 20.8.